The molecule has 0 radical (unpaired) electrons. The van der Waals surface area contributed by atoms with Gasteiger partial charge in [0.25, 0.3) is 5.91 Å². The third-order valence-electron chi connectivity index (χ3n) is 7.16. The highest BCUT2D eigenvalue weighted by atomic mass is 19.4. The molecule has 0 spiro atoms. The molecule has 1 aromatic heterocycles. The summed E-state index contributed by atoms with van der Waals surface area (Å²) >= 11 is 0. The van der Waals surface area contributed by atoms with Crippen molar-refractivity contribution in [3.8, 4) is 0 Å². The lowest BCUT2D eigenvalue weighted by atomic mass is 9.87. The van der Waals surface area contributed by atoms with E-state index in [1.165, 1.54) is 6.42 Å². The summed E-state index contributed by atoms with van der Waals surface area (Å²) in [5.74, 6) is -0.610. The van der Waals surface area contributed by atoms with Crippen LogP contribution in [0.1, 0.15) is 73.8 Å². The van der Waals surface area contributed by atoms with Gasteiger partial charge in [0.05, 0.1) is 12.5 Å². The van der Waals surface area contributed by atoms with Gasteiger partial charge in [0.15, 0.2) is 0 Å². The van der Waals surface area contributed by atoms with Gasteiger partial charge < -0.3 is 14.5 Å². The maximum absolute atomic E-state index is 14.0. The van der Waals surface area contributed by atoms with E-state index in [1.807, 2.05) is 0 Å². The number of hydrazine groups is 1. The number of aromatic nitrogens is 1. The van der Waals surface area contributed by atoms with Crippen LogP contribution in [0.2, 0.25) is 0 Å². The molecule has 1 amide bonds. The Hall–Kier alpha value is -2.85. The average molecular weight is 491 g/mol. The molecule has 35 heavy (non-hydrogen) atoms. The smallest absolute Gasteiger partial charge is 0.406 e. The number of amides is 1. The first-order valence-electron chi connectivity index (χ1n) is 12.0. The lowest BCUT2D eigenvalue weighted by Gasteiger charge is -2.34. The fourth-order valence-electron chi connectivity index (χ4n) is 5.54. The number of ether oxygens (including phenoxy) is 1. The van der Waals surface area contributed by atoms with E-state index in [-0.39, 0.29) is 24.0 Å². The standard InChI is InChI=1S/C25H29F3N4O3/c1-14-18(23-30-17(13-34-2)20(35-23)16-11-7-4-8-12-16)24(33)32-22(29-14)19(15-9-5-3-6-10-15)21(31-32)25(26,27)28/h3,5-6,9-10,16,19,21-22,29,31H,4,7-8,11-13H2,1-2H3. The summed E-state index contributed by atoms with van der Waals surface area (Å²) in [6.45, 7) is 1.91. The molecule has 1 aromatic carbocycles. The average Bonchev–Trinajstić information content (AvgIpc) is 3.43. The molecule has 2 fully saturated rings. The predicted molar refractivity (Wildman–Crippen MR) is 122 cm³/mol. The summed E-state index contributed by atoms with van der Waals surface area (Å²) in [7, 11) is 1.57. The molecule has 7 nitrogen and oxygen atoms in total. The Morgan fingerprint density at radius 2 is 1.89 bits per heavy atom. The molecule has 5 rings (SSSR count). The first-order valence-corrected chi connectivity index (χ1v) is 12.0. The zero-order valence-electron chi connectivity index (χ0n) is 19.7. The number of benzene rings is 1. The maximum atomic E-state index is 14.0. The van der Waals surface area contributed by atoms with Crippen LogP contribution in [0.3, 0.4) is 0 Å². The van der Waals surface area contributed by atoms with Gasteiger partial charge in [-0.25, -0.2) is 15.4 Å². The van der Waals surface area contributed by atoms with E-state index in [0.717, 1.165) is 30.7 Å². The van der Waals surface area contributed by atoms with Crippen LogP contribution in [-0.4, -0.2) is 41.4 Å². The van der Waals surface area contributed by atoms with Crippen molar-refractivity contribution in [1.29, 1.82) is 0 Å². The Labute approximate surface area is 201 Å². The maximum Gasteiger partial charge on any atom is 0.406 e. The van der Waals surface area contributed by atoms with Gasteiger partial charge in [0.2, 0.25) is 5.89 Å². The van der Waals surface area contributed by atoms with Gasteiger partial charge in [-0.1, -0.05) is 49.6 Å². The van der Waals surface area contributed by atoms with E-state index in [0.29, 0.717) is 22.7 Å². The number of nitrogens with one attached hydrogen (secondary N) is 2. The minimum Gasteiger partial charge on any atom is -0.440 e. The molecule has 10 heteroatoms. The Bertz CT molecular complexity index is 1110. The number of fused-ring (bicyclic) bond motifs is 1. The molecule has 0 bridgehead atoms. The number of methoxy groups -OCH3 is 1. The lowest BCUT2D eigenvalue weighted by Crippen LogP contribution is -2.54. The van der Waals surface area contributed by atoms with Crippen molar-refractivity contribution in [2.45, 2.75) is 75.9 Å². The summed E-state index contributed by atoms with van der Waals surface area (Å²) in [5.41, 5.74) is 4.11. The molecule has 188 valence electrons. The number of hydrogen-bond donors (Lipinski definition) is 2. The highest BCUT2D eigenvalue weighted by Crippen LogP contribution is 2.43. The van der Waals surface area contributed by atoms with E-state index in [1.54, 1.807) is 44.4 Å². The van der Waals surface area contributed by atoms with Crippen LogP contribution in [-0.2, 0) is 16.1 Å². The Balaban J connectivity index is 1.52. The second kappa shape index (κ2) is 9.31. The van der Waals surface area contributed by atoms with Gasteiger partial charge in [0.1, 0.15) is 29.2 Å². The Kier molecular flexibility index (Phi) is 6.35. The van der Waals surface area contributed by atoms with Gasteiger partial charge in [0, 0.05) is 18.7 Å². The van der Waals surface area contributed by atoms with Crippen LogP contribution in [0.15, 0.2) is 40.4 Å². The van der Waals surface area contributed by atoms with Crippen molar-refractivity contribution >= 4 is 11.5 Å². The molecule has 3 unspecified atom stereocenters. The summed E-state index contributed by atoms with van der Waals surface area (Å²) < 4.78 is 53.6. The minimum atomic E-state index is -4.56. The Morgan fingerprint density at radius 1 is 1.17 bits per heavy atom. The molecule has 1 saturated heterocycles. The Morgan fingerprint density at radius 3 is 2.54 bits per heavy atom. The van der Waals surface area contributed by atoms with Crippen LogP contribution in [0.25, 0.3) is 5.57 Å². The summed E-state index contributed by atoms with van der Waals surface area (Å²) in [5, 5.41) is 4.18. The number of carbonyl (C=O) groups is 1. The zero-order chi connectivity index (χ0) is 24.7. The highest BCUT2D eigenvalue weighted by Gasteiger charge is 2.58. The number of oxazole rings is 1. The SMILES string of the molecule is COCc1nc(C2=C(C)NC3C(c4ccccc4)C(C(F)(F)F)NN3C2=O)oc1C1CCCCC1. The molecule has 2 aliphatic heterocycles. The van der Waals surface area contributed by atoms with Gasteiger partial charge in [-0.05, 0) is 25.3 Å². The van der Waals surface area contributed by atoms with E-state index < -0.39 is 30.2 Å². The van der Waals surface area contributed by atoms with Crippen molar-refractivity contribution in [2.75, 3.05) is 7.11 Å². The van der Waals surface area contributed by atoms with Crippen molar-refractivity contribution in [1.82, 2.24) is 20.7 Å². The van der Waals surface area contributed by atoms with Crippen LogP contribution in [0.4, 0.5) is 13.2 Å². The fourth-order valence-corrected chi connectivity index (χ4v) is 5.54. The summed E-state index contributed by atoms with van der Waals surface area (Å²) in [4.78, 5) is 18.2. The predicted octanol–water partition coefficient (Wildman–Crippen LogP) is 4.59. The topological polar surface area (TPSA) is 79.6 Å². The van der Waals surface area contributed by atoms with Crippen molar-refractivity contribution in [2.24, 2.45) is 0 Å². The van der Waals surface area contributed by atoms with Crippen molar-refractivity contribution < 1.29 is 27.1 Å². The fraction of sp³-hybridized carbons (Fsp3) is 0.520. The molecule has 2 N–H and O–H groups in total. The third kappa shape index (κ3) is 4.33. The first-order chi connectivity index (χ1) is 16.8. The first kappa shape index (κ1) is 23.9. The van der Waals surface area contributed by atoms with Gasteiger partial charge >= 0.3 is 6.18 Å². The monoisotopic (exact) mass is 490 g/mol. The quantitative estimate of drug-likeness (QED) is 0.638. The molecule has 3 heterocycles. The number of nitrogens with zero attached hydrogens (tertiary/aromatic N) is 2. The van der Waals surface area contributed by atoms with Crippen LogP contribution >= 0.6 is 0 Å². The molecule has 1 saturated carbocycles. The second-order valence-electron chi connectivity index (χ2n) is 9.45. The van der Waals surface area contributed by atoms with E-state index in [9.17, 15) is 18.0 Å². The van der Waals surface area contributed by atoms with Crippen molar-refractivity contribution in [3.63, 3.8) is 0 Å². The van der Waals surface area contributed by atoms with Crippen LogP contribution < -0.4 is 10.7 Å². The number of halogens is 3. The number of carbonyl (C=O) groups excluding carboxylic acids is 1. The summed E-state index contributed by atoms with van der Waals surface area (Å²) in [6.07, 6.45) is -0.172. The third-order valence-corrected chi connectivity index (χ3v) is 7.16. The molecular formula is C25H29F3N4O3. The summed E-state index contributed by atoms with van der Waals surface area (Å²) in [6, 6.07) is 6.51. The molecule has 3 atom stereocenters. The molecule has 1 aliphatic carbocycles. The largest absolute Gasteiger partial charge is 0.440 e. The van der Waals surface area contributed by atoms with Gasteiger partial charge in [-0.15, -0.1) is 0 Å². The number of rotatable bonds is 5. The zero-order valence-corrected chi connectivity index (χ0v) is 19.7. The number of allylic oxidation sites excluding steroid dienone is 1. The molecule has 3 aliphatic rings. The molecular weight excluding hydrogens is 461 g/mol. The molecule has 2 aromatic rings. The van der Waals surface area contributed by atoms with Gasteiger partial charge in [-0.3, -0.25) is 4.79 Å². The normalized spacial score (nSPS) is 25.7. The number of hydrogen-bond acceptors (Lipinski definition) is 6. The van der Waals surface area contributed by atoms with E-state index in [2.05, 4.69) is 15.7 Å². The van der Waals surface area contributed by atoms with E-state index in [4.69, 9.17) is 9.15 Å². The van der Waals surface area contributed by atoms with E-state index >= 15 is 0 Å². The minimum absolute atomic E-state index is 0.111. The van der Waals surface area contributed by atoms with Crippen LogP contribution in [0.5, 0.6) is 0 Å². The lowest BCUT2D eigenvalue weighted by molar-refractivity contribution is -0.161. The van der Waals surface area contributed by atoms with Crippen molar-refractivity contribution in [3.05, 3.63) is 58.9 Å². The van der Waals surface area contributed by atoms with Crippen LogP contribution in [0, 0.1) is 0 Å². The van der Waals surface area contributed by atoms with Gasteiger partial charge in [-0.2, -0.15) is 13.2 Å². The second-order valence-corrected chi connectivity index (χ2v) is 9.45. The highest BCUT2D eigenvalue weighted by molar-refractivity contribution is 6.19. The number of alkyl halides is 3.